The van der Waals surface area contributed by atoms with Crippen LogP contribution in [0.25, 0.3) is 0 Å². The molecular formula is C17H20N2O3. The molecule has 0 aliphatic carbocycles. The summed E-state index contributed by atoms with van der Waals surface area (Å²) in [6.07, 6.45) is 4.45. The first-order valence-corrected chi connectivity index (χ1v) is 7.51. The molecule has 0 spiro atoms. The summed E-state index contributed by atoms with van der Waals surface area (Å²) < 4.78 is 5.04. The van der Waals surface area contributed by atoms with Crippen LogP contribution in [0.4, 0.5) is 0 Å². The number of piperidine rings is 1. The van der Waals surface area contributed by atoms with Gasteiger partial charge in [0.2, 0.25) is 5.76 Å². The molecule has 1 aliphatic heterocycles. The lowest BCUT2D eigenvalue weighted by Crippen LogP contribution is -2.47. The van der Waals surface area contributed by atoms with E-state index in [2.05, 4.69) is 11.1 Å². The third-order valence-corrected chi connectivity index (χ3v) is 4.24. The fraction of sp³-hybridized carbons (Fsp3) is 0.412. The summed E-state index contributed by atoms with van der Waals surface area (Å²) in [4.78, 5) is 17.7. The number of carbonyl (C=O) groups excluding carboxylic acids is 1. The fourth-order valence-electron chi connectivity index (χ4n) is 2.98. The lowest BCUT2D eigenvalue weighted by molar-refractivity contribution is -0.0169. The number of hydrogen-bond acceptors (Lipinski definition) is 4. The Morgan fingerprint density at radius 1 is 1.41 bits per heavy atom. The Hall–Kier alpha value is -2.14. The van der Waals surface area contributed by atoms with Crippen molar-refractivity contribution in [2.24, 2.45) is 0 Å². The number of nitrogens with zero attached hydrogens (tertiary/aromatic N) is 2. The van der Waals surface area contributed by atoms with Crippen molar-refractivity contribution in [2.45, 2.75) is 31.8 Å². The highest BCUT2D eigenvalue weighted by Crippen LogP contribution is 2.27. The van der Waals surface area contributed by atoms with Gasteiger partial charge in [-0.1, -0.05) is 29.8 Å². The van der Waals surface area contributed by atoms with Crippen molar-refractivity contribution < 1.29 is 14.3 Å². The molecule has 22 heavy (non-hydrogen) atoms. The van der Waals surface area contributed by atoms with Gasteiger partial charge in [0.25, 0.3) is 5.91 Å². The standard InChI is InChI=1S/C17H20N2O3/c1-13-3-2-4-14(9-13)10-17(21)5-7-19(8-6-17)16(20)15-11-18-12-22-15/h2-4,9,11-12,21H,5-8,10H2,1H3. The predicted octanol–water partition coefficient (Wildman–Crippen LogP) is 2.19. The van der Waals surface area contributed by atoms with Crippen molar-refractivity contribution >= 4 is 5.91 Å². The Balaban J connectivity index is 1.62. The molecule has 1 saturated heterocycles. The highest BCUT2D eigenvalue weighted by Gasteiger charge is 2.34. The molecule has 5 nitrogen and oxygen atoms in total. The molecule has 0 saturated carbocycles. The Kier molecular flexibility index (Phi) is 3.98. The smallest absolute Gasteiger partial charge is 0.291 e. The second kappa shape index (κ2) is 5.93. The zero-order valence-corrected chi connectivity index (χ0v) is 12.7. The average molecular weight is 300 g/mol. The molecule has 0 unspecified atom stereocenters. The third kappa shape index (κ3) is 3.20. The molecule has 0 bridgehead atoms. The number of amides is 1. The SMILES string of the molecule is Cc1cccc(CC2(O)CCN(C(=O)c3cnco3)CC2)c1. The summed E-state index contributed by atoms with van der Waals surface area (Å²) in [5.74, 6) is 0.0965. The summed E-state index contributed by atoms with van der Waals surface area (Å²) in [7, 11) is 0. The zero-order valence-electron chi connectivity index (χ0n) is 12.7. The molecule has 1 amide bonds. The monoisotopic (exact) mass is 300 g/mol. The Bertz CT molecular complexity index is 644. The van der Waals surface area contributed by atoms with Crippen LogP contribution in [0.1, 0.15) is 34.5 Å². The van der Waals surface area contributed by atoms with Crippen molar-refractivity contribution in [3.8, 4) is 0 Å². The molecule has 0 atom stereocenters. The summed E-state index contributed by atoms with van der Waals surface area (Å²) in [6.45, 7) is 3.11. The van der Waals surface area contributed by atoms with Gasteiger partial charge in [0, 0.05) is 19.5 Å². The molecule has 5 heteroatoms. The van der Waals surface area contributed by atoms with E-state index < -0.39 is 5.60 Å². The lowest BCUT2D eigenvalue weighted by atomic mass is 9.85. The van der Waals surface area contributed by atoms with Crippen LogP contribution in [0.2, 0.25) is 0 Å². The molecule has 2 heterocycles. The van der Waals surface area contributed by atoms with E-state index in [1.165, 1.54) is 18.2 Å². The van der Waals surface area contributed by atoms with Crippen molar-refractivity contribution in [1.82, 2.24) is 9.88 Å². The highest BCUT2D eigenvalue weighted by molar-refractivity contribution is 5.91. The van der Waals surface area contributed by atoms with E-state index in [9.17, 15) is 9.90 Å². The van der Waals surface area contributed by atoms with Gasteiger partial charge in [-0.2, -0.15) is 0 Å². The first kappa shape index (κ1) is 14.8. The van der Waals surface area contributed by atoms with E-state index in [0.29, 0.717) is 32.4 Å². The molecule has 3 rings (SSSR count). The van der Waals surface area contributed by atoms with Crippen LogP contribution in [0.5, 0.6) is 0 Å². The van der Waals surface area contributed by atoms with Gasteiger partial charge in [-0.05, 0) is 25.3 Å². The van der Waals surface area contributed by atoms with E-state index in [1.807, 2.05) is 25.1 Å². The quantitative estimate of drug-likeness (QED) is 0.943. The Morgan fingerprint density at radius 2 is 2.18 bits per heavy atom. The van der Waals surface area contributed by atoms with Crippen molar-refractivity contribution in [1.29, 1.82) is 0 Å². The first-order valence-electron chi connectivity index (χ1n) is 7.51. The van der Waals surface area contributed by atoms with Crippen molar-refractivity contribution in [3.05, 3.63) is 53.7 Å². The van der Waals surface area contributed by atoms with Crippen molar-refractivity contribution in [3.63, 3.8) is 0 Å². The van der Waals surface area contributed by atoms with Gasteiger partial charge in [0.1, 0.15) is 0 Å². The molecule has 1 aliphatic rings. The van der Waals surface area contributed by atoms with Crippen molar-refractivity contribution in [2.75, 3.05) is 13.1 Å². The van der Waals surface area contributed by atoms with Crippen LogP contribution in [0, 0.1) is 6.92 Å². The molecule has 1 aromatic carbocycles. The number of likely N-dealkylation sites (tertiary alicyclic amines) is 1. The molecular weight excluding hydrogens is 280 g/mol. The van der Waals surface area contributed by atoms with E-state index in [1.54, 1.807) is 4.90 Å². The maximum Gasteiger partial charge on any atom is 0.291 e. The molecule has 1 fully saturated rings. The Morgan fingerprint density at radius 3 is 2.82 bits per heavy atom. The summed E-state index contributed by atoms with van der Waals surface area (Å²) in [5.41, 5.74) is 1.59. The van der Waals surface area contributed by atoms with Gasteiger partial charge in [0.05, 0.1) is 11.8 Å². The first-order chi connectivity index (χ1) is 10.6. The van der Waals surface area contributed by atoms with Gasteiger partial charge in [0.15, 0.2) is 6.39 Å². The van der Waals surface area contributed by atoms with Crippen LogP contribution < -0.4 is 0 Å². The number of oxazole rings is 1. The number of aromatic nitrogens is 1. The van der Waals surface area contributed by atoms with Gasteiger partial charge in [-0.3, -0.25) is 4.79 Å². The van der Waals surface area contributed by atoms with E-state index in [0.717, 1.165) is 5.56 Å². The lowest BCUT2D eigenvalue weighted by Gasteiger charge is -2.38. The topological polar surface area (TPSA) is 66.6 Å². The van der Waals surface area contributed by atoms with E-state index in [4.69, 9.17) is 4.42 Å². The van der Waals surface area contributed by atoms with Crippen LogP contribution in [0.3, 0.4) is 0 Å². The number of carbonyl (C=O) groups is 1. The summed E-state index contributed by atoms with van der Waals surface area (Å²) in [5, 5.41) is 10.8. The normalized spacial score (nSPS) is 17.5. The number of aliphatic hydroxyl groups is 1. The minimum absolute atomic E-state index is 0.157. The van der Waals surface area contributed by atoms with Crippen LogP contribution in [-0.4, -0.2) is 39.6 Å². The summed E-state index contributed by atoms with van der Waals surface area (Å²) >= 11 is 0. The largest absolute Gasteiger partial charge is 0.438 e. The number of hydrogen-bond donors (Lipinski definition) is 1. The fourth-order valence-corrected chi connectivity index (χ4v) is 2.98. The van der Waals surface area contributed by atoms with Gasteiger partial charge in [-0.15, -0.1) is 0 Å². The summed E-state index contributed by atoms with van der Waals surface area (Å²) in [6, 6.07) is 8.20. The van der Waals surface area contributed by atoms with Crippen LogP contribution >= 0.6 is 0 Å². The minimum atomic E-state index is -0.744. The second-order valence-corrected chi connectivity index (χ2v) is 6.05. The molecule has 0 radical (unpaired) electrons. The predicted molar refractivity (Wildman–Crippen MR) is 81.5 cm³/mol. The minimum Gasteiger partial charge on any atom is -0.438 e. The van der Waals surface area contributed by atoms with Gasteiger partial charge in [-0.25, -0.2) is 4.98 Å². The van der Waals surface area contributed by atoms with Crippen LogP contribution in [-0.2, 0) is 6.42 Å². The number of rotatable bonds is 3. The average Bonchev–Trinajstić information content (AvgIpc) is 3.01. The molecule has 1 aromatic heterocycles. The number of aryl methyl sites for hydroxylation is 1. The van der Waals surface area contributed by atoms with Gasteiger partial charge < -0.3 is 14.4 Å². The highest BCUT2D eigenvalue weighted by atomic mass is 16.3. The molecule has 116 valence electrons. The number of benzene rings is 1. The van der Waals surface area contributed by atoms with E-state index >= 15 is 0 Å². The zero-order chi connectivity index (χ0) is 15.6. The third-order valence-electron chi connectivity index (χ3n) is 4.24. The second-order valence-electron chi connectivity index (χ2n) is 6.05. The maximum absolute atomic E-state index is 12.2. The van der Waals surface area contributed by atoms with Gasteiger partial charge >= 0.3 is 0 Å². The molecule has 1 N–H and O–H groups in total. The molecule has 2 aromatic rings. The van der Waals surface area contributed by atoms with Crippen LogP contribution in [0.15, 0.2) is 41.3 Å². The maximum atomic E-state index is 12.2. The Labute approximate surface area is 129 Å². The van der Waals surface area contributed by atoms with E-state index in [-0.39, 0.29) is 11.7 Å².